The van der Waals surface area contributed by atoms with Crippen LogP contribution in [0.4, 0.5) is 5.95 Å². The van der Waals surface area contributed by atoms with Crippen molar-refractivity contribution in [1.82, 2.24) is 24.2 Å². The Morgan fingerprint density at radius 1 is 1.24 bits per heavy atom. The Bertz CT molecular complexity index is 1220. The maximum absolute atomic E-state index is 12.8. The van der Waals surface area contributed by atoms with Crippen molar-refractivity contribution >= 4 is 22.9 Å². The first kappa shape index (κ1) is 18.4. The fourth-order valence-electron chi connectivity index (χ4n) is 3.11. The number of hydrogen-bond acceptors (Lipinski definition) is 6. The number of hydrogen-bond donors (Lipinski definition) is 1. The lowest BCUT2D eigenvalue weighted by molar-refractivity contribution is 0.0999. The monoisotopic (exact) mass is 389 g/mol. The molecular weight excluding hydrogens is 370 g/mol. The Morgan fingerprint density at radius 3 is 2.69 bits per heavy atom. The van der Waals surface area contributed by atoms with Crippen LogP contribution in [0.15, 0.2) is 66.2 Å². The normalized spacial score (nSPS) is 10.9. The highest BCUT2D eigenvalue weighted by Crippen LogP contribution is 2.19. The van der Waals surface area contributed by atoms with Crippen molar-refractivity contribution in [3.8, 4) is 5.69 Å². The first-order chi connectivity index (χ1) is 14.1. The number of nitrogens with zero attached hydrogens (tertiary/aromatic N) is 6. The lowest BCUT2D eigenvalue weighted by Crippen LogP contribution is -2.31. The zero-order valence-electron chi connectivity index (χ0n) is 15.8. The van der Waals surface area contributed by atoms with Crippen LogP contribution in [0.1, 0.15) is 23.7 Å². The smallest absolute Gasteiger partial charge is 0.254 e. The molecule has 9 nitrogen and oxygen atoms in total. The van der Waals surface area contributed by atoms with Gasteiger partial charge in [0.25, 0.3) is 5.91 Å². The molecule has 0 saturated carbocycles. The number of carbonyl (C=O) groups is 1. The number of anilines is 1. The molecule has 0 saturated heterocycles. The molecule has 3 aromatic heterocycles. The quantitative estimate of drug-likeness (QED) is 0.538. The second kappa shape index (κ2) is 7.55. The van der Waals surface area contributed by atoms with Crippen LogP contribution in [-0.2, 0) is 0 Å². The maximum Gasteiger partial charge on any atom is 0.254 e. The summed E-state index contributed by atoms with van der Waals surface area (Å²) in [5, 5.41) is 2.07. The zero-order chi connectivity index (χ0) is 20.4. The molecular formula is C20H19N7O2. The number of benzene rings is 1. The van der Waals surface area contributed by atoms with Gasteiger partial charge >= 0.3 is 0 Å². The molecule has 1 aromatic carbocycles. The number of primary amides is 1. The van der Waals surface area contributed by atoms with E-state index in [1.165, 1.54) is 12.4 Å². The van der Waals surface area contributed by atoms with Crippen molar-refractivity contribution in [2.45, 2.75) is 13.3 Å². The zero-order valence-corrected chi connectivity index (χ0v) is 15.8. The minimum absolute atomic E-state index is 0.113. The average molecular weight is 389 g/mol. The summed E-state index contributed by atoms with van der Waals surface area (Å²) in [6.45, 7) is 2.70. The number of amides is 1. The van der Waals surface area contributed by atoms with Gasteiger partial charge in [0.2, 0.25) is 11.4 Å². The van der Waals surface area contributed by atoms with Gasteiger partial charge in [-0.05, 0) is 18.6 Å². The first-order valence-electron chi connectivity index (χ1n) is 9.13. The van der Waals surface area contributed by atoms with Crippen molar-refractivity contribution in [1.29, 1.82) is 0 Å². The van der Waals surface area contributed by atoms with E-state index in [0.29, 0.717) is 18.1 Å². The summed E-state index contributed by atoms with van der Waals surface area (Å²) in [6.07, 6.45) is 8.84. The van der Waals surface area contributed by atoms with Gasteiger partial charge in [0.1, 0.15) is 11.9 Å². The molecule has 1 amide bonds. The van der Waals surface area contributed by atoms with Crippen LogP contribution in [0, 0.1) is 0 Å². The standard InChI is InChI=1S/C20H19N7O2/c1-2-9-27(25-10-8-22-13-25)20-23-11-15-17(28)16(18(21)29)12-26(19(15)24-20)14-6-4-3-5-7-14/h3-8,10-13H,2,9H2,1H3,(H2,21,29). The number of para-hydroxylation sites is 1. The molecule has 29 heavy (non-hydrogen) atoms. The van der Waals surface area contributed by atoms with E-state index in [-0.39, 0.29) is 10.9 Å². The van der Waals surface area contributed by atoms with Crippen molar-refractivity contribution < 1.29 is 4.79 Å². The van der Waals surface area contributed by atoms with Crippen molar-refractivity contribution in [3.63, 3.8) is 0 Å². The lowest BCUT2D eigenvalue weighted by Gasteiger charge is -2.23. The second-order valence-corrected chi connectivity index (χ2v) is 6.41. The number of fused-ring (bicyclic) bond motifs is 1. The van der Waals surface area contributed by atoms with Gasteiger partial charge in [0.15, 0.2) is 5.65 Å². The minimum Gasteiger partial charge on any atom is -0.365 e. The third-order valence-corrected chi connectivity index (χ3v) is 4.47. The molecule has 0 fully saturated rings. The van der Waals surface area contributed by atoms with Crippen LogP contribution in [0.2, 0.25) is 0 Å². The maximum atomic E-state index is 12.8. The number of rotatable bonds is 6. The number of pyridine rings is 1. The molecule has 4 rings (SSSR count). The Morgan fingerprint density at radius 2 is 2.03 bits per heavy atom. The summed E-state index contributed by atoms with van der Waals surface area (Å²) in [4.78, 5) is 37.7. The fraction of sp³-hybridized carbons (Fsp3) is 0.150. The molecule has 0 aliphatic carbocycles. The van der Waals surface area contributed by atoms with Crippen LogP contribution < -0.4 is 16.2 Å². The van der Waals surface area contributed by atoms with Crippen LogP contribution in [-0.4, -0.2) is 36.6 Å². The van der Waals surface area contributed by atoms with Gasteiger partial charge in [-0.15, -0.1) is 0 Å². The van der Waals surface area contributed by atoms with Crippen LogP contribution in [0.3, 0.4) is 0 Å². The lowest BCUT2D eigenvalue weighted by atomic mass is 10.2. The Kier molecular flexibility index (Phi) is 4.78. The van der Waals surface area contributed by atoms with Gasteiger partial charge in [-0.2, -0.15) is 4.98 Å². The van der Waals surface area contributed by atoms with Gasteiger partial charge in [0.05, 0.1) is 5.39 Å². The van der Waals surface area contributed by atoms with Gasteiger partial charge in [0, 0.05) is 37.0 Å². The van der Waals surface area contributed by atoms with Gasteiger partial charge < -0.3 is 10.3 Å². The minimum atomic E-state index is -0.795. The molecule has 0 bridgehead atoms. The largest absolute Gasteiger partial charge is 0.365 e. The van der Waals surface area contributed by atoms with E-state index in [4.69, 9.17) is 5.73 Å². The molecule has 0 unspecified atom stereocenters. The molecule has 0 atom stereocenters. The second-order valence-electron chi connectivity index (χ2n) is 6.41. The molecule has 0 spiro atoms. The predicted octanol–water partition coefficient (Wildman–Crippen LogP) is 1.76. The van der Waals surface area contributed by atoms with E-state index in [0.717, 1.165) is 12.1 Å². The Hall–Kier alpha value is -4.01. The molecule has 0 aliphatic heterocycles. The van der Waals surface area contributed by atoms with Gasteiger partial charge in [-0.3, -0.25) is 9.59 Å². The van der Waals surface area contributed by atoms with E-state index in [1.807, 2.05) is 42.3 Å². The van der Waals surface area contributed by atoms with Crippen LogP contribution >= 0.6 is 0 Å². The molecule has 0 radical (unpaired) electrons. The summed E-state index contributed by atoms with van der Waals surface area (Å²) in [5.74, 6) is -0.384. The van der Waals surface area contributed by atoms with E-state index in [2.05, 4.69) is 15.0 Å². The van der Waals surface area contributed by atoms with Gasteiger partial charge in [-0.1, -0.05) is 25.1 Å². The number of aromatic nitrogens is 5. The average Bonchev–Trinajstić information content (AvgIpc) is 3.27. The van der Waals surface area contributed by atoms with E-state index < -0.39 is 11.3 Å². The van der Waals surface area contributed by atoms with Gasteiger partial charge in [-0.25, -0.2) is 19.7 Å². The number of carbonyl (C=O) groups excluding carboxylic acids is 1. The van der Waals surface area contributed by atoms with Crippen LogP contribution in [0.25, 0.3) is 16.7 Å². The number of imidazole rings is 1. The molecule has 2 N–H and O–H groups in total. The van der Waals surface area contributed by atoms with E-state index in [1.54, 1.807) is 28.0 Å². The first-order valence-corrected chi connectivity index (χ1v) is 9.13. The molecule has 4 aromatic rings. The van der Waals surface area contributed by atoms with Crippen molar-refractivity contribution in [2.24, 2.45) is 5.73 Å². The molecule has 0 aliphatic rings. The summed E-state index contributed by atoms with van der Waals surface area (Å²) in [6, 6.07) is 9.32. The molecule has 146 valence electrons. The van der Waals surface area contributed by atoms with E-state index in [9.17, 15) is 9.59 Å². The summed E-state index contributed by atoms with van der Waals surface area (Å²) >= 11 is 0. The fourth-order valence-corrected chi connectivity index (χ4v) is 3.11. The highest BCUT2D eigenvalue weighted by atomic mass is 16.2. The third kappa shape index (κ3) is 3.33. The van der Waals surface area contributed by atoms with Crippen molar-refractivity contribution in [2.75, 3.05) is 11.6 Å². The topological polar surface area (TPSA) is 112 Å². The summed E-state index contributed by atoms with van der Waals surface area (Å²) in [7, 11) is 0. The third-order valence-electron chi connectivity index (χ3n) is 4.47. The summed E-state index contributed by atoms with van der Waals surface area (Å²) in [5.41, 5.74) is 5.95. The number of nitrogens with two attached hydrogens (primary N) is 1. The SMILES string of the molecule is CCCN(c1ncc2c(=O)c(C(N)=O)cn(-c3ccccc3)c2n1)n1ccnc1. The molecule has 3 heterocycles. The van der Waals surface area contributed by atoms with Crippen molar-refractivity contribution in [3.05, 3.63) is 77.2 Å². The summed E-state index contributed by atoms with van der Waals surface area (Å²) < 4.78 is 3.47. The Labute approximate surface area is 166 Å². The van der Waals surface area contributed by atoms with Crippen LogP contribution in [0.5, 0.6) is 0 Å². The van der Waals surface area contributed by atoms with E-state index >= 15 is 0 Å². The Balaban J connectivity index is 1.99. The highest BCUT2D eigenvalue weighted by molar-refractivity contribution is 5.96. The highest BCUT2D eigenvalue weighted by Gasteiger charge is 2.18. The predicted molar refractivity (Wildman–Crippen MR) is 109 cm³/mol. The molecule has 9 heteroatoms.